The third kappa shape index (κ3) is 7.02. The highest BCUT2D eigenvalue weighted by Crippen LogP contribution is 2.33. The van der Waals surface area contributed by atoms with Gasteiger partial charge in [-0.2, -0.15) is 0 Å². The van der Waals surface area contributed by atoms with Crippen molar-refractivity contribution >= 4 is 35.2 Å². The van der Waals surface area contributed by atoms with Gasteiger partial charge in [-0.05, 0) is 66.1 Å². The Balaban J connectivity index is 1.20. The van der Waals surface area contributed by atoms with Crippen molar-refractivity contribution in [2.45, 2.75) is 31.5 Å². The Morgan fingerprint density at radius 2 is 1.80 bits per heavy atom. The highest BCUT2D eigenvalue weighted by Gasteiger charge is 2.28. The summed E-state index contributed by atoms with van der Waals surface area (Å²) in [4.78, 5) is 39.5. The van der Waals surface area contributed by atoms with Crippen LogP contribution < -0.4 is 25.4 Å². The molecule has 11 heteroatoms. The van der Waals surface area contributed by atoms with Crippen molar-refractivity contribution in [2.24, 2.45) is 0 Å². The number of carbonyl (C=O) groups is 3. The van der Waals surface area contributed by atoms with E-state index in [2.05, 4.69) is 20.9 Å². The van der Waals surface area contributed by atoms with Crippen LogP contribution in [0, 0.1) is 0 Å². The Labute approximate surface area is 236 Å². The first-order valence-electron chi connectivity index (χ1n) is 12.9. The van der Waals surface area contributed by atoms with Crippen LogP contribution in [0.2, 0.25) is 5.02 Å². The third-order valence-electron chi connectivity index (χ3n) is 6.80. The maximum absolute atomic E-state index is 13.4. The van der Waals surface area contributed by atoms with Gasteiger partial charge in [-0.3, -0.25) is 9.69 Å². The molecule has 2 heterocycles. The Hall–Kier alpha value is -4.28. The maximum Gasteiger partial charge on any atom is 0.335 e. The van der Waals surface area contributed by atoms with E-state index in [9.17, 15) is 14.4 Å². The first-order chi connectivity index (χ1) is 19.3. The second kappa shape index (κ2) is 12.3. The van der Waals surface area contributed by atoms with Gasteiger partial charge in [0.1, 0.15) is 6.04 Å². The molecule has 1 saturated heterocycles. The number of nitrogens with one attached hydrogen (secondary N) is 3. The molecule has 40 heavy (non-hydrogen) atoms. The molecule has 2 aliphatic heterocycles. The van der Waals surface area contributed by atoms with Gasteiger partial charge >= 0.3 is 12.0 Å². The zero-order valence-corrected chi connectivity index (χ0v) is 22.3. The van der Waals surface area contributed by atoms with Crippen molar-refractivity contribution in [3.05, 3.63) is 88.4 Å². The summed E-state index contributed by atoms with van der Waals surface area (Å²) in [6.45, 7) is 2.44. The largest absolute Gasteiger partial charge is 0.478 e. The first kappa shape index (κ1) is 27.3. The fourth-order valence-corrected chi connectivity index (χ4v) is 5.04. The number of carbonyl (C=O) groups excluding carboxylic acids is 2. The number of benzene rings is 3. The second-order valence-electron chi connectivity index (χ2n) is 9.78. The first-order valence-corrected chi connectivity index (χ1v) is 13.3. The average Bonchev–Trinajstić information content (AvgIpc) is 3.57. The van der Waals surface area contributed by atoms with E-state index in [1.807, 2.05) is 24.3 Å². The summed E-state index contributed by atoms with van der Waals surface area (Å²) in [6, 6.07) is 17.3. The van der Waals surface area contributed by atoms with E-state index in [0.717, 1.165) is 42.1 Å². The van der Waals surface area contributed by atoms with Gasteiger partial charge in [0.25, 0.3) is 0 Å². The number of amides is 3. The fourth-order valence-electron chi connectivity index (χ4n) is 4.82. The van der Waals surface area contributed by atoms with Crippen LogP contribution in [0.15, 0.2) is 66.7 Å². The number of aromatic carboxylic acids is 1. The topological polar surface area (TPSA) is 129 Å². The summed E-state index contributed by atoms with van der Waals surface area (Å²) in [7, 11) is 0. The SMILES string of the molecule is O=C(Nc1ccc(C(=O)O)cc1)N[C@@H](Cc1cccc(Cl)c1)C(=O)N[C@H]1CCN(Cc2ccc3c(c2)OCO3)C1. The number of carboxylic acid groups (broad SMARTS) is 1. The predicted molar refractivity (Wildman–Crippen MR) is 149 cm³/mol. The molecule has 3 amide bonds. The van der Waals surface area contributed by atoms with Gasteiger partial charge in [-0.1, -0.05) is 29.8 Å². The van der Waals surface area contributed by atoms with Gasteiger partial charge in [-0.25, -0.2) is 9.59 Å². The standard InChI is InChI=1S/C29H29ClN4O6/c30-21-3-1-2-18(12-21)13-24(33-29(38)32-22-7-5-20(6-8-22)28(36)37)27(35)31-23-10-11-34(16-23)15-19-4-9-25-26(14-19)40-17-39-25/h1-9,12,14,23-24H,10-11,13,15-17H2,(H,31,35)(H,36,37)(H2,32,33,38)/t23-,24-/m0/s1. The summed E-state index contributed by atoms with van der Waals surface area (Å²) in [5, 5.41) is 18.1. The van der Waals surface area contributed by atoms with Crippen LogP contribution in [0.1, 0.15) is 27.9 Å². The minimum atomic E-state index is -1.06. The number of carboxylic acids is 1. The fraction of sp³-hybridized carbons (Fsp3) is 0.276. The predicted octanol–water partition coefficient (Wildman–Crippen LogP) is 3.89. The minimum Gasteiger partial charge on any atom is -0.478 e. The molecule has 3 aromatic rings. The number of anilines is 1. The number of rotatable bonds is 9. The molecule has 208 valence electrons. The zero-order chi connectivity index (χ0) is 28.1. The van der Waals surface area contributed by atoms with Gasteiger partial charge in [0.15, 0.2) is 11.5 Å². The van der Waals surface area contributed by atoms with Gasteiger partial charge < -0.3 is 30.5 Å². The van der Waals surface area contributed by atoms with E-state index < -0.39 is 18.0 Å². The molecule has 10 nitrogen and oxygen atoms in total. The lowest BCUT2D eigenvalue weighted by molar-refractivity contribution is -0.123. The summed E-state index contributed by atoms with van der Waals surface area (Å²) >= 11 is 6.14. The number of halogens is 1. The smallest absolute Gasteiger partial charge is 0.335 e. The Kier molecular flexibility index (Phi) is 8.37. The molecule has 4 N–H and O–H groups in total. The van der Waals surface area contributed by atoms with Crippen LogP contribution in [-0.4, -0.2) is 59.9 Å². The molecule has 0 unspecified atom stereocenters. The quantitative estimate of drug-likeness (QED) is 0.310. The molecule has 0 saturated carbocycles. The lowest BCUT2D eigenvalue weighted by atomic mass is 10.0. The number of fused-ring (bicyclic) bond motifs is 1. The molecule has 3 aromatic carbocycles. The van der Waals surface area contributed by atoms with E-state index in [1.54, 1.807) is 18.2 Å². The summed E-state index contributed by atoms with van der Waals surface area (Å²) in [5.74, 6) is 0.129. The van der Waals surface area contributed by atoms with Crippen molar-refractivity contribution in [1.82, 2.24) is 15.5 Å². The van der Waals surface area contributed by atoms with Crippen LogP contribution in [-0.2, 0) is 17.8 Å². The van der Waals surface area contributed by atoms with E-state index in [-0.39, 0.29) is 30.7 Å². The number of hydrogen-bond acceptors (Lipinski definition) is 6. The number of hydrogen-bond donors (Lipinski definition) is 4. The van der Waals surface area contributed by atoms with Crippen molar-refractivity contribution in [3.8, 4) is 11.5 Å². The van der Waals surface area contributed by atoms with Gasteiger partial charge in [0.05, 0.1) is 5.56 Å². The molecular weight excluding hydrogens is 536 g/mol. The third-order valence-corrected chi connectivity index (χ3v) is 7.04. The zero-order valence-electron chi connectivity index (χ0n) is 21.6. The summed E-state index contributed by atoms with van der Waals surface area (Å²) in [5.41, 5.74) is 2.41. The van der Waals surface area contributed by atoms with Crippen molar-refractivity contribution < 1.29 is 29.0 Å². The molecule has 1 fully saturated rings. The van der Waals surface area contributed by atoms with E-state index in [1.165, 1.54) is 24.3 Å². The highest BCUT2D eigenvalue weighted by atomic mass is 35.5. The maximum atomic E-state index is 13.4. The van der Waals surface area contributed by atoms with Crippen molar-refractivity contribution in [2.75, 3.05) is 25.2 Å². The lowest BCUT2D eigenvalue weighted by Gasteiger charge is -2.22. The molecule has 0 spiro atoms. The van der Waals surface area contributed by atoms with E-state index in [4.69, 9.17) is 26.2 Å². The molecule has 0 radical (unpaired) electrons. The molecule has 0 aromatic heterocycles. The monoisotopic (exact) mass is 564 g/mol. The molecule has 5 rings (SSSR count). The van der Waals surface area contributed by atoms with Crippen LogP contribution >= 0.6 is 11.6 Å². The van der Waals surface area contributed by atoms with Crippen LogP contribution in [0.5, 0.6) is 11.5 Å². The summed E-state index contributed by atoms with van der Waals surface area (Å²) in [6.07, 6.45) is 1.02. The summed E-state index contributed by atoms with van der Waals surface area (Å²) < 4.78 is 10.9. The second-order valence-corrected chi connectivity index (χ2v) is 10.2. The van der Waals surface area contributed by atoms with Gasteiger partial charge in [-0.15, -0.1) is 0 Å². The number of likely N-dealkylation sites (tertiary alicyclic amines) is 1. The number of nitrogens with zero attached hydrogens (tertiary/aromatic N) is 1. The van der Waals surface area contributed by atoms with Crippen LogP contribution in [0.3, 0.4) is 0 Å². The number of ether oxygens (including phenoxy) is 2. The van der Waals surface area contributed by atoms with Gasteiger partial charge in [0.2, 0.25) is 12.7 Å². The number of urea groups is 1. The minimum absolute atomic E-state index is 0.0724. The van der Waals surface area contributed by atoms with E-state index >= 15 is 0 Å². The van der Waals surface area contributed by atoms with Crippen molar-refractivity contribution in [3.63, 3.8) is 0 Å². The molecule has 0 aliphatic carbocycles. The highest BCUT2D eigenvalue weighted by molar-refractivity contribution is 6.30. The lowest BCUT2D eigenvalue weighted by Crippen LogP contribution is -2.52. The average molecular weight is 565 g/mol. The molecular formula is C29H29ClN4O6. The Bertz CT molecular complexity index is 1400. The van der Waals surface area contributed by atoms with Gasteiger partial charge in [0, 0.05) is 42.8 Å². The molecule has 2 atom stereocenters. The van der Waals surface area contributed by atoms with Crippen molar-refractivity contribution in [1.29, 1.82) is 0 Å². The van der Waals surface area contributed by atoms with Crippen LogP contribution in [0.4, 0.5) is 10.5 Å². The molecule has 2 aliphatic rings. The Morgan fingerprint density at radius 3 is 2.58 bits per heavy atom. The van der Waals surface area contributed by atoms with E-state index in [0.29, 0.717) is 17.3 Å². The Morgan fingerprint density at radius 1 is 1.00 bits per heavy atom. The molecule has 0 bridgehead atoms. The van der Waals surface area contributed by atoms with Crippen LogP contribution in [0.25, 0.3) is 0 Å². The normalized spacial score (nSPS) is 16.8.